The second-order valence-corrected chi connectivity index (χ2v) is 7.68. The Morgan fingerprint density at radius 2 is 2.03 bits per heavy atom. The Kier molecular flexibility index (Phi) is 6.48. The van der Waals surface area contributed by atoms with Crippen molar-refractivity contribution >= 4 is 28.7 Å². The fourth-order valence-corrected chi connectivity index (χ4v) is 3.15. The molecule has 1 aromatic heterocycles. The summed E-state index contributed by atoms with van der Waals surface area (Å²) in [6.45, 7) is 5.82. The van der Waals surface area contributed by atoms with E-state index in [1.54, 1.807) is 18.2 Å². The van der Waals surface area contributed by atoms with Gasteiger partial charge >= 0.3 is 5.69 Å². The molecule has 0 saturated carbocycles. The van der Waals surface area contributed by atoms with Crippen molar-refractivity contribution in [2.45, 2.75) is 32.5 Å². The lowest BCUT2D eigenvalue weighted by molar-refractivity contribution is -0.384. The first-order valence-electron chi connectivity index (χ1n) is 9.74. The molecule has 0 radical (unpaired) electrons. The van der Waals surface area contributed by atoms with Crippen molar-refractivity contribution in [1.82, 2.24) is 4.98 Å². The van der Waals surface area contributed by atoms with Crippen LogP contribution in [0.4, 0.5) is 33.1 Å². The van der Waals surface area contributed by atoms with Gasteiger partial charge < -0.3 is 21.3 Å². The molecule has 0 bridgehead atoms. The van der Waals surface area contributed by atoms with Crippen molar-refractivity contribution < 1.29 is 9.31 Å². The van der Waals surface area contributed by atoms with Crippen LogP contribution in [0.15, 0.2) is 36.4 Å². The van der Waals surface area contributed by atoms with Gasteiger partial charge in [0, 0.05) is 36.6 Å². The molecule has 2 atom stereocenters. The summed E-state index contributed by atoms with van der Waals surface area (Å²) in [5.41, 5.74) is 7.19. The van der Waals surface area contributed by atoms with E-state index >= 15 is 0 Å². The molecule has 156 valence electrons. The van der Waals surface area contributed by atoms with Crippen molar-refractivity contribution in [3.63, 3.8) is 0 Å². The molecule has 1 aliphatic rings. The maximum atomic E-state index is 13.9. The molecule has 3 rings (SSSR count). The number of nitrogens with zero attached hydrogens (tertiary/aromatic N) is 3. The Labute approximate surface area is 169 Å². The summed E-state index contributed by atoms with van der Waals surface area (Å²) in [5, 5.41) is 17.6. The highest BCUT2D eigenvalue weighted by Crippen LogP contribution is 2.29. The molecule has 1 aromatic carbocycles. The van der Waals surface area contributed by atoms with Gasteiger partial charge in [0.2, 0.25) is 5.82 Å². The van der Waals surface area contributed by atoms with Crippen LogP contribution in [-0.4, -0.2) is 41.8 Å². The van der Waals surface area contributed by atoms with Crippen molar-refractivity contribution in [1.29, 1.82) is 0 Å². The molecule has 1 aliphatic heterocycles. The maximum Gasteiger partial charge on any atom is 0.311 e. The van der Waals surface area contributed by atoms with Crippen LogP contribution in [0, 0.1) is 16.0 Å². The largest absolute Gasteiger partial charge is 0.370 e. The van der Waals surface area contributed by atoms with E-state index in [2.05, 4.69) is 29.5 Å². The number of nitrogens with one attached hydrogen (secondary N) is 2. The van der Waals surface area contributed by atoms with Gasteiger partial charge in [-0.3, -0.25) is 10.1 Å². The second-order valence-electron chi connectivity index (χ2n) is 7.68. The van der Waals surface area contributed by atoms with Crippen LogP contribution in [0.3, 0.4) is 0 Å². The number of halogens is 1. The Morgan fingerprint density at radius 3 is 2.66 bits per heavy atom. The van der Waals surface area contributed by atoms with Crippen LogP contribution in [0.5, 0.6) is 0 Å². The highest BCUT2D eigenvalue weighted by atomic mass is 19.1. The topological polar surface area (TPSA) is 109 Å². The number of piperidine rings is 1. The summed E-state index contributed by atoms with van der Waals surface area (Å²) in [6, 6.07) is 9.95. The summed E-state index contributed by atoms with van der Waals surface area (Å²) in [6.07, 6.45) is -0.442. The van der Waals surface area contributed by atoms with Gasteiger partial charge in [0.1, 0.15) is 12.0 Å². The van der Waals surface area contributed by atoms with Crippen LogP contribution < -0.4 is 21.3 Å². The van der Waals surface area contributed by atoms with Crippen molar-refractivity contribution in [2.75, 3.05) is 35.2 Å². The highest BCUT2D eigenvalue weighted by Gasteiger charge is 2.26. The molecule has 1 saturated heterocycles. The third-order valence-corrected chi connectivity index (χ3v) is 4.85. The number of hydrogen-bond donors (Lipinski definition) is 3. The summed E-state index contributed by atoms with van der Waals surface area (Å²) < 4.78 is 13.9. The quantitative estimate of drug-likeness (QED) is 0.479. The number of nitro groups is 1. The molecule has 2 aromatic rings. The highest BCUT2D eigenvalue weighted by molar-refractivity contribution is 5.69. The molecule has 29 heavy (non-hydrogen) atoms. The summed E-state index contributed by atoms with van der Waals surface area (Å²) >= 11 is 0. The number of pyridine rings is 1. The summed E-state index contributed by atoms with van der Waals surface area (Å²) in [7, 11) is 0. The van der Waals surface area contributed by atoms with E-state index in [-0.39, 0.29) is 18.1 Å². The SMILES string of the molecule is CC(C)CNc1ccc([N+](=O)[O-])c(Nc2ccc(N3CCC(N)C(F)C3)cc2)n1. The minimum atomic E-state index is -1.05. The standard InChI is InChI=1S/C20H27FN6O2/c1-13(2)11-23-19-8-7-18(27(28)29)20(25-19)24-14-3-5-15(6-4-14)26-10-9-17(22)16(21)12-26/h3-8,13,16-17H,9-12,22H2,1-2H3,(H2,23,24,25). The minimum Gasteiger partial charge on any atom is -0.370 e. The van der Waals surface area contributed by atoms with Gasteiger partial charge in [-0.2, -0.15) is 0 Å². The molecule has 0 amide bonds. The Balaban J connectivity index is 1.74. The van der Waals surface area contributed by atoms with E-state index < -0.39 is 17.1 Å². The van der Waals surface area contributed by atoms with Gasteiger partial charge in [-0.05, 0) is 42.7 Å². The fraction of sp³-hybridized carbons (Fsp3) is 0.450. The van der Waals surface area contributed by atoms with Crippen molar-refractivity contribution in [3.05, 3.63) is 46.5 Å². The van der Waals surface area contributed by atoms with E-state index in [1.807, 2.05) is 17.0 Å². The number of rotatable bonds is 7. The summed E-state index contributed by atoms with van der Waals surface area (Å²) in [5.74, 6) is 1.16. The zero-order valence-corrected chi connectivity index (χ0v) is 16.6. The number of alkyl halides is 1. The third kappa shape index (κ3) is 5.32. The van der Waals surface area contributed by atoms with E-state index in [9.17, 15) is 14.5 Å². The zero-order valence-electron chi connectivity index (χ0n) is 16.6. The van der Waals surface area contributed by atoms with Crippen LogP contribution in [0.25, 0.3) is 0 Å². The Morgan fingerprint density at radius 1 is 1.31 bits per heavy atom. The number of hydrogen-bond acceptors (Lipinski definition) is 7. The lowest BCUT2D eigenvalue weighted by Gasteiger charge is -2.34. The third-order valence-electron chi connectivity index (χ3n) is 4.85. The predicted octanol–water partition coefficient (Wildman–Crippen LogP) is 3.68. The second kappa shape index (κ2) is 9.04. The monoisotopic (exact) mass is 402 g/mol. The number of benzene rings is 1. The average Bonchev–Trinajstić information content (AvgIpc) is 2.69. The van der Waals surface area contributed by atoms with Crippen LogP contribution >= 0.6 is 0 Å². The van der Waals surface area contributed by atoms with Gasteiger partial charge in [-0.25, -0.2) is 9.37 Å². The van der Waals surface area contributed by atoms with Crippen molar-refractivity contribution in [2.24, 2.45) is 11.7 Å². The molecule has 9 heteroatoms. The molecule has 0 aliphatic carbocycles. The molecule has 1 fully saturated rings. The molecule has 0 spiro atoms. The van der Waals surface area contributed by atoms with E-state index in [0.717, 1.165) is 5.69 Å². The van der Waals surface area contributed by atoms with Crippen LogP contribution in [0.1, 0.15) is 20.3 Å². The smallest absolute Gasteiger partial charge is 0.311 e. The minimum absolute atomic E-state index is 0.102. The maximum absolute atomic E-state index is 13.9. The molecule has 2 heterocycles. The van der Waals surface area contributed by atoms with Crippen molar-refractivity contribution in [3.8, 4) is 0 Å². The number of aromatic nitrogens is 1. The number of nitrogens with two attached hydrogens (primary N) is 1. The van der Waals surface area contributed by atoms with Crippen LogP contribution in [-0.2, 0) is 0 Å². The normalized spacial score (nSPS) is 19.3. The van der Waals surface area contributed by atoms with E-state index in [4.69, 9.17) is 5.73 Å². The molecular weight excluding hydrogens is 375 g/mol. The van der Waals surface area contributed by atoms with Gasteiger partial charge in [0.05, 0.1) is 11.5 Å². The molecule has 8 nitrogen and oxygen atoms in total. The first-order chi connectivity index (χ1) is 13.8. The van der Waals surface area contributed by atoms with E-state index in [1.165, 1.54) is 6.07 Å². The van der Waals surface area contributed by atoms with Gasteiger partial charge in [-0.1, -0.05) is 13.8 Å². The first-order valence-corrected chi connectivity index (χ1v) is 9.74. The Bertz CT molecular complexity index is 845. The van der Waals surface area contributed by atoms with Crippen LogP contribution in [0.2, 0.25) is 0 Å². The lowest BCUT2D eigenvalue weighted by atomic mass is 10.0. The first kappa shape index (κ1) is 20.8. The molecule has 4 N–H and O–H groups in total. The van der Waals surface area contributed by atoms with Gasteiger partial charge in [0.25, 0.3) is 0 Å². The summed E-state index contributed by atoms with van der Waals surface area (Å²) in [4.78, 5) is 17.2. The van der Waals surface area contributed by atoms with Gasteiger partial charge in [-0.15, -0.1) is 0 Å². The molecule has 2 unspecified atom stereocenters. The lowest BCUT2D eigenvalue weighted by Crippen LogP contribution is -2.48. The zero-order chi connectivity index (χ0) is 21.0. The molecular formula is C20H27FN6O2. The Hall–Kier alpha value is -2.94. The fourth-order valence-electron chi connectivity index (χ4n) is 3.15. The average molecular weight is 402 g/mol. The predicted molar refractivity (Wildman–Crippen MR) is 114 cm³/mol. The number of anilines is 4. The van der Waals surface area contributed by atoms with E-state index in [0.29, 0.717) is 36.9 Å². The van der Waals surface area contributed by atoms with Gasteiger partial charge in [0.15, 0.2) is 0 Å².